The first-order valence-corrected chi connectivity index (χ1v) is 6.97. The van der Waals surface area contributed by atoms with Crippen LogP contribution in [0.25, 0.3) is 5.65 Å². The van der Waals surface area contributed by atoms with Gasteiger partial charge in [-0.05, 0) is 25.0 Å². The van der Waals surface area contributed by atoms with Gasteiger partial charge in [0.15, 0.2) is 0 Å². The van der Waals surface area contributed by atoms with Gasteiger partial charge in [0, 0.05) is 18.9 Å². The zero-order valence-corrected chi connectivity index (χ0v) is 12.2. The minimum Gasteiger partial charge on any atom is -0.388 e. The summed E-state index contributed by atoms with van der Waals surface area (Å²) in [5, 5.41) is 12.8. The normalized spacial score (nSPS) is 11.6. The lowest BCUT2D eigenvalue weighted by atomic mass is 9.97. The standard InChI is InChI=1S/C15H19N3O3/c1-3-15(21,4-2)10-17-13(19)11-9-16-12-7-5-6-8-18(12)14(11)20/h5-9,21H,3-4,10H2,1-2H3,(H,17,19). The summed E-state index contributed by atoms with van der Waals surface area (Å²) in [6, 6.07) is 5.16. The molecule has 0 spiro atoms. The van der Waals surface area contributed by atoms with Crippen LogP contribution in [0.3, 0.4) is 0 Å². The summed E-state index contributed by atoms with van der Waals surface area (Å²) in [7, 11) is 0. The largest absolute Gasteiger partial charge is 0.388 e. The van der Waals surface area contributed by atoms with Gasteiger partial charge >= 0.3 is 0 Å². The summed E-state index contributed by atoms with van der Waals surface area (Å²) in [4.78, 5) is 28.4. The summed E-state index contributed by atoms with van der Waals surface area (Å²) in [5.41, 5.74) is -0.920. The van der Waals surface area contributed by atoms with E-state index >= 15 is 0 Å². The van der Waals surface area contributed by atoms with E-state index in [-0.39, 0.29) is 12.1 Å². The number of rotatable bonds is 5. The summed E-state index contributed by atoms with van der Waals surface area (Å²) < 4.78 is 1.32. The number of amides is 1. The average molecular weight is 289 g/mol. The van der Waals surface area contributed by atoms with Crippen molar-refractivity contribution in [2.45, 2.75) is 32.3 Å². The molecule has 0 bridgehead atoms. The van der Waals surface area contributed by atoms with E-state index in [9.17, 15) is 14.7 Å². The molecule has 21 heavy (non-hydrogen) atoms. The number of fused-ring (bicyclic) bond motifs is 1. The molecular weight excluding hydrogens is 270 g/mol. The Bertz CT molecular complexity index is 705. The van der Waals surface area contributed by atoms with Gasteiger partial charge in [0.1, 0.15) is 11.2 Å². The van der Waals surface area contributed by atoms with Crippen molar-refractivity contribution in [3.63, 3.8) is 0 Å². The number of pyridine rings is 1. The molecule has 0 radical (unpaired) electrons. The van der Waals surface area contributed by atoms with Gasteiger partial charge in [-0.25, -0.2) is 4.98 Å². The minimum atomic E-state index is -0.948. The third kappa shape index (κ3) is 3.11. The molecule has 0 unspecified atom stereocenters. The molecule has 0 atom stereocenters. The third-order valence-corrected chi connectivity index (χ3v) is 3.75. The Labute approximate surface area is 122 Å². The van der Waals surface area contributed by atoms with Crippen LogP contribution in [0.15, 0.2) is 35.4 Å². The molecule has 6 heteroatoms. The van der Waals surface area contributed by atoms with E-state index in [0.717, 1.165) is 0 Å². The molecule has 0 saturated carbocycles. The maximum atomic E-state index is 12.2. The van der Waals surface area contributed by atoms with Gasteiger partial charge in [0.05, 0.1) is 5.60 Å². The van der Waals surface area contributed by atoms with Crippen molar-refractivity contribution in [3.8, 4) is 0 Å². The van der Waals surface area contributed by atoms with E-state index in [1.807, 2.05) is 13.8 Å². The molecule has 2 heterocycles. The van der Waals surface area contributed by atoms with Crippen molar-refractivity contribution < 1.29 is 9.90 Å². The third-order valence-electron chi connectivity index (χ3n) is 3.75. The number of hydrogen-bond acceptors (Lipinski definition) is 4. The molecule has 0 aliphatic heterocycles. The first-order chi connectivity index (χ1) is 10.0. The number of hydrogen-bond donors (Lipinski definition) is 2. The van der Waals surface area contributed by atoms with Crippen LogP contribution in [0.1, 0.15) is 37.0 Å². The quantitative estimate of drug-likeness (QED) is 0.859. The lowest BCUT2D eigenvalue weighted by Gasteiger charge is -2.25. The summed E-state index contributed by atoms with van der Waals surface area (Å²) in [6.45, 7) is 3.81. The van der Waals surface area contributed by atoms with Crippen molar-refractivity contribution in [3.05, 3.63) is 46.5 Å². The first-order valence-electron chi connectivity index (χ1n) is 6.97. The average Bonchev–Trinajstić information content (AvgIpc) is 2.53. The second-order valence-electron chi connectivity index (χ2n) is 5.02. The van der Waals surface area contributed by atoms with E-state index < -0.39 is 17.1 Å². The summed E-state index contributed by atoms with van der Waals surface area (Å²) in [5.74, 6) is -0.522. The van der Waals surface area contributed by atoms with Crippen LogP contribution in [0.4, 0.5) is 0 Å². The number of nitrogens with one attached hydrogen (secondary N) is 1. The maximum Gasteiger partial charge on any atom is 0.270 e. The van der Waals surface area contributed by atoms with Crippen LogP contribution in [0.5, 0.6) is 0 Å². The Hall–Kier alpha value is -2.21. The van der Waals surface area contributed by atoms with Gasteiger partial charge in [-0.3, -0.25) is 14.0 Å². The lowest BCUT2D eigenvalue weighted by Crippen LogP contribution is -2.43. The maximum absolute atomic E-state index is 12.2. The molecule has 2 rings (SSSR count). The fourth-order valence-electron chi connectivity index (χ4n) is 2.02. The van der Waals surface area contributed by atoms with Gasteiger partial charge in [-0.15, -0.1) is 0 Å². The molecule has 6 nitrogen and oxygen atoms in total. The molecule has 0 aliphatic rings. The SMILES string of the molecule is CCC(O)(CC)CNC(=O)c1cnc2ccccn2c1=O. The number of carbonyl (C=O) groups is 1. The Balaban J connectivity index is 2.24. The van der Waals surface area contributed by atoms with Gasteiger partial charge in [-0.1, -0.05) is 19.9 Å². The van der Waals surface area contributed by atoms with Crippen LogP contribution in [-0.4, -0.2) is 32.5 Å². The second-order valence-corrected chi connectivity index (χ2v) is 5.02. The zero-order chi connectivity index (χ0) is 15.5. The Kier molecular flexibility index (Phi) is 4.37. The molecule has 0 aliphatic carbocycles. The predicted molar refractivity (Wildman–Crippen MR) is 79.3 cm³/mol. The van der Waals surface area contributed by atoms with E-state index in [1.54, 1.807) is 24.4 Å². The van der Waals surface area contributed by atoms with Gasteiger partial charge in [0.2, 0.25) is 0 Å². The molecular formula is C15H19N3O3. The van der Waals surface area contributed by atoms with E-state index in [0.29, 0.717) is 18.5 Å². The second kappa shape index (κ2) is 6.05. The first kappa shape index (κ1) is 15.2. The molecule has 112 valence electrons. The van der Waals surface area contributed by atoms with E-state index in [2.05, 4.69) is 10.3 Å². The van der Waals surface area contributed by atoms with Crippen LogP contribution < -0.4 is 10.9 Å². The Morgan fingerprint density at radius 3 is 2.76 bits per heavy atom. The number of aromatic nitrogens is 2. The van der Waals surface area contributed by atoms with Crippen molar-refractivity contribution in [2.75, 3.05) is 6.54 Å². The fraction of sp³-hybridized carbons (Fsp3) is 0.400. The van der Waals surface area contributed by atoms with Crippen LogP contribution >= 0.6 is 0 Å². The zero-order valence-electron chi connectivity index (χ0n) is 12.2. The highest BCUT2D eigenvalue weighted by molar-refractivity contribution is 5.93. The smallest absolute Gasteiger partial charge is 0.270 e. The fourth-order valence-corrected chi connectivity index (χ4v) is 2.02. The summed E-state index contributed by atoms with van der Waals surface area (Å²) >= 11 is 0. The lowest BCUT2D eigenvalue weighted by molar-refractivity contribution is 0.0313. The highest BCUT2D eigenvalue weighted by Crippen LogP contribution is 2.12. The van der Waals surface area contributed by atoms with Gasteiger partial charge in [-0.2, -0.15) is 0 Å². The number of carbonyl (C=O) groups excluding carboxylic acids is 1. The predicted octanol–water partition coefficient (Wildman–Crippen LogP) is 0.975. The topological polar surface area (TPSA) is 83.7 Å². The highest BCUT2D eigenvalue weighted by Gasteiger charge is 2.24. The number of aliphatic hydroxyl groups is 1. The van der Waals surface area contributed by atoms with Gasteiger partial charge < -0.3 is 10.4 Å². The Morgan fingerprint density at radius 2 is 2.10 bits per heavy atom. The van der Waals surface area contributed by atoms with E-state index in [4.69, 9.17) is 0 Å². The van der Waals surface area contributed by atoms with Crippen molar-refractivity contribution in [1.82, 2.24) is 14.7 Å². The van der Waals surface area contributed by atoms with Crippen molar-refractivity contribution in [2.24, 2.45) is 0 Å². The van der Waals surface area contributed by atoms with Crippen LogP contribution in [-0.2, 0) is 0 Å². The van der Waals surface area contributed by atoms with Crippen LogP contribution in [0, 0.1) is 0 Å². The molecule has 2 aromatic heterocycles. The molecule has 0 saturated heterocycles. The minimum absolute atomic E-state index is 0.0340. The van der Waals surface area contributed by atoms with Crippen molar-refractivity contribution >= 4 is 11.6 Å². The molecule has 0 aromatic carbocycles. The number of nitrogens with zero attached hydrogens (tertiary/aromatic N) is 2. The highest BCUT2D eigenvalue weighted by atomic mass is 16.3. The monoisotopic (exact) mass is 289 g/mol. The molecule has 2 N–H and O–H groups in total. The Morgan fingerprint density at radius 1 is 1.38 bits per heavy atom. The summed E-state index contributed by atoms with van der Waals surface area (Å²) in [6.07, 6.45) is 3.89. The molecule has 0 fully saturated rings. The van der Waals surface area contributed by atoms with Crippen LogP contribution in [0.2, 0.25) is 0 Å². The molecule has 1 amide bonds. The van der Waals surface area contributed by atoms with Crippen molar-refractivity contribution in [1.29, 1.82) is 0 Å². The molecule has 2 aromatic rings. The van der Waals surface area contributed by atoms with Gasteiger partial charge in [0.25, 0.3) is 11.5 Å². The van der Waals surface area contributed by atoms with E-state index in [1.165, 1.54) is 10.6 Å².